The maximum absolute atomic E-state index is 5.64. The average molecular weight is 234 g/mol. The highest BCUT2D eigenvalue weighted by molar-refractivity contribution is 5.61. The van der Waals surface area contributed by atoms with Crippen molar-refractivity contribution in [1.82, 2.24) is 0 Å². The van der Waals surface area contributed by atoms with Crippen LogP contribution in [0.25, 0.3) is 5.57 Å². The highest BCUT2D eigenvalue weighted by Crippen LogP contribution is 2.17. The highest BCUT2D eigenvalue weighted by Gasteiger charge is 1.96. The third-order valence-electron chi connectivity index (χ3n) is 2.50. The van der Waals surface area contributed by atoms with Gasteiger partial charge >= 0.3 is 0 Å². The largest absolute Gasteiger partial charge is 0.494 e. The number of hydrogen-bond acceptors (Lipinski definition) is 2. The minimum absolute atomic E-state index is 0.749. The predicted molar refractivity (Wildman–Crippen MR) is 72.4 cm³/mol. The fourth-order valence-corrected chi connectivity index (χ4v) is 1.48. The Morgan fingerprint density at radius 2 is 1.76 bits per heavy atom. The van der Waals surface area contributed by atoms with E-state index in [4.69, 9.17) is 9.47 Å². The first-order valence-electron chi connectivity index (χ1n) is 6.20. The SMILES string of the molecule is C=C(C)c1ccc(OCCCCOCC)cc1. The summed E-state index contributed by atoms with van der Waals surface area (Å²) in [6.07, 6.45) is 2.08. The molecule has 1 aromatic rings. The maximum atomic E-state index is 5.64. The Labute approximate surface area is 104 Å². The smallest absolute Gasteiger partial charge is 0.119 e. The van der Waals surface area contributed by atoms with Crippen LogP contribution in [0.3, 0.4) is 0 Å². The normalized spacial score (nSPS) is 10.2. The summed E-state index contributed by atoms with van der Waals surface area (Å²) in [5.41, 5.74) is 2.24. The van der Waals surface area contributed by atoms with Gasteiger partial charge in [-0.15, -0.1) is 0 Å². The summed E-state index contributed by atoms with van der Waals surface area (Å²) in [5, 5.41) is 0. The standard InChI is InChI=1S/C15H22O2/c1-4-16-11-5-6-12-17-15-9-7-14(8-10-15)13(2)3/h7-10H,2,4-6,11-12H2,1,3H3. The second-order valence-corrected chi connectivity index (χ2v) is 4.06. The Morgan fingerprint density at radius 3 is 2.35 bits per heavy atom. The van der Waals surface area contributed by atoms with Crippen LogP contribution in [0, 0.1) is 0 Å². The van der Waals surface area contributed by atoms with Crippen LogP contribution in [0.1, 0.15) is 32.3 Å². The van der Waals surface area contributed by atoms with Crippen molar-refractivity contribution in [2.24, 2.45) is 0 Å². The number of rotatable bonds is 8. The van der Waals surface area contributed by atoms with Crippen LogP contribution in [-0.4, -0.2) is 19.8 Å². The van der Waals surface area contributed by atoms with Crippen molar-refractivity contribution in [3.63, 3.8) is 0 Å². The van der Waals surface area contributed by atoms with E-state index >= 15 is 0 Å². The van der Waals surface area contributed by atoms with Gasteiger partial charge in [0, 0.05) is 13.2 Å². The van der Waals surface area contributed by atoms with Crippen molar-refractivity contribution in [3.8, 4) is 5.75 Å². The number of ether oxygens (including phenoxy) is 2. The summed E-state index contributed by atoms with van der Waals surface area (Å²) < 4.78 is 10.9. The molecule has 94 valence electrons. The van der Waals surface area contributed by atoms with Gasteiger partial charge < -0.3 is 9.47 Å². The lowest BCUT2D eigenvalue weighted by molar-refractivity contribution is 0.138. The van der Waals surface area contributed by atoms with Gasteiger partial charge in [-0.05, 0) is 44.4 Å². The summed E-state index contributed by atoms with van der Waals surface area (Å²) in [6, 6.07) is 8.06. The van der Waals surface area contributed by atoms with Gasteiger partial charge in [0.15, 0.2) is 0 Å². The Morgan fingerprint density at radius 1 is 1.12 bits per heavy atom. The molecule has 2 nitrogen and oxygen atoms in total. The molecule has 0 aliphatic rings. The molecule has 0 saturated heterocycles. The van der Waals surface area contributed by atoms with Crippen molar-refractivity contribution in [1.29, 1.82) is 0 Å². The van der Waals surface area contributed by atoms with Crippen molar-refractivity contribution in [3.05, 3.63) is 36.4 Å². The summed E-state index contributed by atoms with van der Waals surface area (Å²) in [5.74, 6) is 0.923. The molecular weight excluding hydrogens is 212 g/mol. The predicted octanol–water partition coefficient (Wildman–Crippen LogP) is 3.92. The molecule has 1 aromatic carbocycles. The first kappa shape index (κ1) is 13.8. The molecular formula is C15H22O2. The number of hydrogen-bond donors (Lipinski definition) is 0. The zero-order valence-electron chi connectivity index (χ0n) is 10.9. The van der Waals surface area contributed by atoms with E-state index in [0.29, 0.717) is 0 Å². The minimum atomic E-state index is 0.749. The lowest BCUT2D eigenvalue weighted by Crippen LogP contribution is -2.00. The van der Waals surface area contributed by atoms with E-state index in [-0.39, 0.29) is 0 Å². The molecule has 0 atom stereocenters. The molecule has 1 rings (SSSR count). The van der Waals surface area contributed by atoms with E-state index in [1.165, 1.54) is 0 Å². The average Bonchev–Trinajstić information content (AvgIpc) is 2.34. The molecule has 0 heterocycles. The molecule has 2 heteroatoms. The van der Waals surface area contributed by atoms with Crippen molar-refractivity contribution in [2.45, 2.75) is 26.7 Å². The number of allylic oxidation sites excluding steroid dienone is 1. The van der Waals surface area contributed by atoms with Crippen LogP contribution in [0.15, 0.2) is 30.8 Å². The third-order valence-corrected chi connectivity index (χ3v) is 2.50. The van der Waals surface area contributed by atoms with Gasteiger partial charge in [-0.2, -0.15) is 0 Å². The van der Waals surface area contributed by atoms with Gasteiger partial charge in [0.05, 0.1) is 6.61 Å². The number of benzene rings is 1. The summed E-state index contributed by atoms with van der Waals surface area (Å²) in [4.78, 5) is 0. The van der Waals surface area contributed by atoms with Crippen LogP contribution in [0.4, 0.5) is 0 Å². The quantitative estimate of drug-likeness (QED) is 0.635. The topological polar surface area (TPSA) is 18.5 Å². The molecule has 0 bridgehead atoms. The van der Waals surface area contributed by atoms with E-state index in [1.807, 2.05) is 38.1 Å². The van der Waals surface area contributed by atoms with Crippen LogP contribution < -0.4 is 4.74 Å². The molecule has 0 radical (unpaired) electrons. The first-order valence-corrected chi connectivity index (χ1v) is 6.20. The molecule has 17 heavy (non-hydrogen) atoms. The van der Waals surface area contributed by atoms with E-state index in [9.17, 15) is 0 Å². The second kappa shape index (κ2) is 7.91. The van der Waals surface area contributed by atoms with Gasteiger partial charge in [0.2, 0.25) is 0 Å². The van der Waals surface area contributed by atoms with Crippen molar-refractivity contribution < 1.29 is 9.47 Å². The Bertz CT molecular complexity index is 327. The lowest BCUT2D eigenvalue weighted by atomic mass is 10.1. The fourth-order valence-electron chi connectivity index (χ4n) is 1.48. The lowest BCUT2D eigenvalue weighted by Gasteiger charge is -2.07. The molecule has 0 saturated carbocycles. The van der Waals surface area contributed by atoms with Crippen LogP contribution in [-0.2, 0) is 4.74 Å². The summed E-state index contributed by atoms with van der Waals surface area (Å²) >= 11 is 0. The van der Waals surface area contributed by atoms with Crippen LogP contribution in [0.5, 0.6) is 5.75 Å². The maximum Gasteiger partial charge on any atom is 0.119 e. The molecule has 0 N–H and O–H groups in total. The van der Waals surface area contributed by atoms with E-state index in [2.05, 4.69) is 6.58 Å². The molecule has 0 aliphatic carbocycles. The molecule has 0 amide bonds. The zero-order valence-corrected chi connectivity index (χ0v) is 10.9. The number of unbranched alkanes of at least 4 members (excludes halogenated alkanes) is 1. The first-order chi connectivity index (χ1) is 8.24. The fraction of sp³-hybridized carbons (Fsp3) is 0.467. The second-order valence-electron chi connectivity index (χ2n) is 4.06. The van der Waals surface area contributed by atoms with Gasteiger partial charge in [-0.1, -0.05) is 24.3 Å². The van der Waals surface area contributed by atoms with Gasteiger partial charge in [0.1, 0.15) is 5.75 Å². The van der Waals surface area contributed by atoms with E-state index in [1.54, 1.807) is 0 Å². The molecule has 0 fully saturated rings. The molecule has 0 aliphatic heterocycles. The Balaban J connectivity index is 2.21. The van der Waals surface area contributed by atoms with Gasteiger partial charge in [0.25, 0.3) is 0 Å². The van der Waals surface area contributed by atoms with Crippen LogP contribution in [0.2, 0.25) is 0 Å². The highest BCUT2D eigenvalue weighted by atomic mass is 16.5. The van der Waals surface area contributed by atoms with Crippen LogP contribution >= 0.6 is 0 Å². The monoisotopic (exact) mass is 234 g/mol. The van der Waals surface area contributed by atoms with E-state index < -0.39 is 0 Å². The minimum Gasteiger partial charge on any atom is -0.494 e. The third kappa shape index (κ3) is 5.55. The van der Waals surface area contributed by atoms with Crippen molar-refractivity contribution >= 4 is 5.57 Å². The van der Waals surface area contributed by atoms with E-state index in [0.717, 1.165) is 49.5 Å². The molecule has 0 unspecified atom stereocenters. The van der Waals surface area contributed by atoms with Crippen molar-refractivity contribution in [2.75, 3.05) is 19.8 Å². The Hall–Kier alpha value is -1.28. The Kier molecular flexibility index (Phi) is 6.41. The summed E-state index contributed by atoms with van der Waals surface area (Å²) in [7, 11) is 0. The summed E-state index contributed by atoms with van der Waals surface area (Å²) in [6.45, 7) is 10.3. The van der Waals surface area contributed by atoms with Gasteiger partial charge in [-0.3, -0.25) is 0 Å². The zero-order chi connectivity index (χ0) is 12.5. The van der Waals surface area contributed by atoms with Gasteiger partial charge in [-0.25, -0.2) is 0 Å². The molecule has 0 spiro atoms. The molecule has 0 aromatic heterocycles.